The smallest absolute Gasteiger partial charge is 0.164 e. The summed E-state index contributed by atoms with van der Waals surface area (Å²) in [6, 6.07) is 58.5. The third-order valence-corrected chi connectivity index (χ3v) is 10.7. The third kappa shape index (κ3) is 6.16. The molecular weight excluding hydrogens is 673 g/mol. The molecule has 1 aromatic heterocycles. The maximum atomic E-state index is 6.76. The Balaban J connectivity index is 1.11. The summed E-state index contributed by atoms with van der Waals surface area (Å²) >= 11 is 0. The van der Waals surface area contributed by atoms with Gasteiger partial charge in [0.1, 0.15) is 11.9 Å². The minimum absolute atomic E-state index is 0.00843. The first-order chi connectivity index (χ1) is 27.1. The second-order valence-electron chi connectivity index (χ2n) is 14.2. The number of ether oxygens (including phenoxy) is 1. The van der Waals surface area contributed by atoms with Crippen molar-refractivity contribution in [2.75, 3.05) is 5.73 Å². The van der Waals surface area contributed by atoms with Crippen molar-refractivity contribution in [3.8, 4) is 50.8 Å². The molecule has 10 rings (SSSR count). The van der Waals surface area contributed by atoms with E-state index in [1.54, 1.807) is 0 Å². The summed E-state index contributed by atoms with van der Waals surface area (Å²) in [4.78, 5) is 15.4. The molecule has 0 spiro atoms. The van der Waals surface area contributed by atoms with E-state index in [1.807, 2.05) is 48.5 Å². The molecule has 55 heavy (non-hydrogen) atoms. The van der Waals surface area contributed by atoms with Crippen LogP contribution in [-0.4, -0.2) is 21.1 Å². The van der Waals surface area contributed by atoms with Gasteiger partial charge in [-0.1, -0.05) is 152 Å². The first kappa shape index (κ1) is 32.5. The van der Waals surface area contributed by atoms with Gasteiger partial charge in [0.05, 0.1) is 0 Å². The van der Waals surface area contributed by atoms with Crippen molar-refractivity contribution in [3.05, 3.63) is 205 Å². The molecule has 0 amide bonds. The van der Waals surface area contributed by atoms with E-state index in [1.165, 1.54) is 5.56 Å². The summed E-state index contributed by atoms with van der Waals surface area (Å²) in [5.41, 5.74) is 18.2. The van der Waals surface area contributed by atoms with E-state index in [-0.39, 0.29) is 12.0 Å². The Morgan fingerprint density at radius 2 is 1.13 bits per heavy atom. The second-order valence-corrected chi connectivity index (χ2v) is 14.2. The highest BCUT2D eigenvalue weighted by atomic mass is 16.5. The van der Waals surface area contributed by atoms with Crippen molar-refractivity contribution >= 4 is 22.0 Å². The van der Waals surface area contributed by atoms with E-state index in [0.29, 0.717) is 23.9 Å². The molecule has 7 aromatic carbocycles. The molecule has 1 aliphatic carbocycles. The summed E-state index contributed by atoms with van der Waals surface area (Å²) in [6.45, 7) is 0. The van der Waals surface area contributed by atoms with Crippen molar-refractivity contribution in [1.29, 1.82) is 0 Å². The minimum atomic E-state index is -0.166. The zero-order chi connectivity index (χ0) is 36.7. The molecule has 1 aliphatic heterocycles. The molecule has 262 valence electrons. The number of allylic oxidation sites excluding steroid dienone is 2. The molecule has 5 heteroatoms. The lowest BCUT2D eigenvalue weighted by atomic mass is 9.81. The van der Waals surface area contributed by atoms with E-state index >= 15 is 0 Å². The highest BCUT2D eigenvalue weighted by Crippen LogP contribution is 2.47. The Labute approximate surface area is 320 Å². The van der Waals surface area contributed by atoms with Crippen LogP contribution in [0.4, 0.5) is 5.69 Å². The largest absolute Gasteiger partial charge is 0.485 e. The first-order valence-corrected chi connectivity index (χ1v) is 18.7. The normalized spacial score (nSPS) is 15.8. The number of hydrogen-bond acceptors (Lipinski definition) is 5. The number of para-hydroxylation sites is 1. The van der Waals surface area contributed by atoms with E-state index in [0.717, 1.165) is 72.3 Å². The van der Waals surface area contributed by atoms with E-state index < -0.39 is 0 Å². The van der Waals surface area contributed by atoms with E-state index in [4.69, 9.17) is 25.4 Å². The standard InChI is InChI=1S/C50H36N4O/c51-45-31-36-19-8-7-18-35(36)29-43(45)41-23-10-9-20-37(41)27-39-28-40(30-44-42-24-11-12-25-46(42)55-47(39)44)50-53-48(33-16-5-2-6-17-33)52-49(54-50)38-22-13-21-34(26-38)32-14-3-1-4-15-32/h1-26,28-31,44,47H,27,51H2. The number of benzene rings is 7. The summed E-state index contributed by atoms with van der Waals surface area (Å²) in [5, 5.41) is 2.29. The molecule has 2 atom stereocenters. The quantitative estimate of drug-likeness (QED) is 0.167. The van der Waals surface area contributed by atoms with Crippen LogP contribution in [0.15, 0.2) is 188 Å². The van der Waals surface area contributed by atoms with Crippen LogP contribution in [-0.2, 0) is 6.42 Å². The molecule has 0 saturated heterocycles. The maximum Gasteiger partial charge on any atom is 0.164 e. The SMILES string of the molecule is Nc1cc2ccccc2cc1-c1ccccc1CC1=CC(c2nc(-c3ccccc3)nc(-c3cccc(-c4ccccc4)c3)n2)=CC2c3ccccc3OC12. The predicted octanol–water partition coefficient (Wildman–Crippen LogP) is 11.4. The van der Waals surface area contributed by atoms with Crippen molar-refractivity contribution in [1.82, 2.24) is 15.0 Å². The topological polar surface area (TPSA) is 73.9 Å². The number of aromatic nitrogens is 3. The van der Waals surface area contributed by atoms with Gasteiger partial charge >= 0.3 is 0 Å². The van der Waals surface area contributed by atoms with Gasteiger partial charge in [-0.25, -0.2) is 15.0 Å². The molecule has 0 saturated carbocycles. The average molecular weight is 709 g/mol. The molecular formula is C50H36N4O. The molecule has 2 heterocycles. The van der Waals surface area contributed by atoms with Crippen LogP contribution in [0, 0.1) is 0 Å². The number of fused-ring (bicyclic) bond motifs is 4. The van der Waals surface area contributed by atoms with Crippen molar-refractivity contribution in [2.45, 2.75) is 18.4 Å². The Morgan fingerprint density at radius 1 is 0.509 bits per heavy atom. The molecule has 2 N–H and O–H groups in total. The Hall–Kier alpha value is -7.11. The molecule has 8 aromatic rings. The number of nitrogens with zero attached hydrogens (tertiary/aromatic N) is 3. The molecule has 2 unspecified atom stereocenters. The van der Waals surface area contributed by atoms with Gasteiger partial charge in [0.2, 0.25) is 0 Å². The number of anilines is 1. The van der Waals surface area contributed by atoms with Crippen LogP contribution in [0.1, 0.15) is 22.9 Å². The summed E-state index contributed by atoms with van der Waals surface area (Å²) in [6.07, 6.45) is 5.02. The fourth-order valence-electron chi connectivity index (χ4n) is 8.00. The van der Waals surface area contributed by atoms with Gasteiger partial charge in [-0.15, -0.1) is 0 Å². The number of rotatable bonds is 7. The van der Waals surface area contributed by atoms with E-state index in [9.17, 15) is 0 Å². The molecule has 0 bridgehead atoms. The highest BCUT2D eigenvalue weighted by molar-refractivity contribution is 5.94. The zero-order valence-corrected chi connectivity index (χ0v) is 30.0. The van der Waals surface area contributed by atoms with Crippen LogP contribution in [0.5, 0.6) is 5.75 Å². The summed E-state index contributed by atoms with van der Waals surface area (Å²) < 4.78 is 6.76. The fourth-order valence-corrected chi connectivity index (χ4v) is 8.00. The van der Waals surface area contributed by atoms with Crippen molar-refractivity contribution in [3.63, 3.8) is 0 Å². The van der Waals surface area contributed by atoms with Gasteiger partial charge in [0.25, 0.3) is 0 Å². The minimum Gasteiger partial charge on any atom is -0.485 e. The lowest BCUT2D eigenvalue weighted by Gasteiger charge is -2.26. The van der Waals surface area contributed by atoms with Crippen molar-refractivity contribution < 1.29 is 4.74 Å². The Kier molecular flexibility index (Phi) is 8.11. The van der Waals surface area contributed by atoms with Gasteiger partial charge in [0, 0.05) is 39.4 Å². The summed E-state index contributed by atoms with van der Waals surface area (Å²) in [5.74, 6) is 2.78. The second kappa shape index (κ2) is 13.7. The summed E-state index contributed by atoms with van der Waals surface area (Å²) in [7, 11) is 0. The number of hydrogen-bond donors (Lipinski definition) is 1. The lowest BCUT2D eigenvalue weighted by molar-refractivity contribution is 0.253. The van der Waals surface area contributed by atoms with Crippen LogP contribution in [0.25, 0.3) is 61.4 Å². The monoisotopic (exact) mass is 708 g/mol. The Morgan fingerprint density at radius 3 is 1.95 bits per heavy atom. The van der Waals surface area contributed by atoms with E-state index in [2.05, 4.69) is 133 Å². The van der Waals surface area contributed by atoms with Crippen LogP contribution >= 0.6 is 0 Å². The third-order valence-electron chi connectivity index (χ3n) is 10.7. The first-order valence-electron chi connectivity index (χ1n) is 18.7. The van der Waals surface area contributed by atoms with Crippen LogP contribution in [0.3, 0.4) is 0 Å². The van der Waals surface area contributed by atoms with Crippen molar-refractivity contribution in [2.24, 2.45) is 0 Å². The van der Waals surface area contributed by atoms with Gasteiger partial charge < -0.3 is 10.5 Å². The van der Waals surface area contributed by atoms with Gasteiger partial charge in [-0.3, -0.25) is 0 Å². The molecule has 5 nitrogen and oxygen atoms in total. The van der Waals surface area contributed by atoms with Crippen LogP contribution in [0.2, 0.25) is 0 Å². The highest BCUT2D eigenvalue weighted by Gasteiger charge is 2.38. The average Bonchev–Trinajstić information content (AvgIpc) is 3.63. The Bertz CT molecular complexity index is 2790. The number of nitrogens with two attached hydrogens (primary N) is 1. The maximum absolute atomic E-state index is 6.76. The van der Waals surface area contributed by atoms with Gasteiger partial charge in [-0.05, 0) is 75.4 Å². The zero-order valence-electron chi connectivity index (χ0n) is 30.0. The molecule has 0 radical (unpaired) electrons. The molecule has 2 aliphatic rings. The fraction of sp³-hybridized carbons (Fsp3) is 0.0600. The predicted molar refractivity (Wildman–Crippen MR) is 223 cm³/mol. The van der Waals surface area contributed by atoms with Gasteiger partial charge in [0.15, 0.2) is 17.5 Å². The molecule has 0 fully saturated rings. The van der Waals surface area contributed by atoms with Gasteiger partial charge in [-0.2, -0.15) is 0 Å². The lowest BCUT2D eigenvalue weighted by Crippen LogP contribution is -2.25. The van der Waals surface area contributed by atoms with Crippen LogP contribution < -0.4 is 10.5 Å². The number of nitrogen functional groups attached to an aromatic ring is 1.